The Morgan fingerprint density at radius 1 is 1.25 bits per heavy atom. The molecule has 0 saturated carbocycles. The first kappa shape index (κ1) is 11.1. The topological polar surface area (TPSA) is 30.2 Å². The number of hydrogen-bond acceptors (Lipinski definition) is 2. The van der Waals surface area contributed by atoms with E-state index in [0.717, 1.165) is 16.7 Å². The van der Waals surface area contributed by atoms with Gasteiger partial charge in [0, 0.05) is 16.5 Å². The first-order chi connectivity index (χ1) is 7.72. The van der Waals surface area contributed by atoms with Crippen LogP contribution in [0, 0.1) is 0 Å². The second kappa shape index (κ2) is 4.66. The van der Waals surface area contributed by atoms with Crippen molar-refractivity contribution in [3.8, 4) is 0 Å². The quantitative estimate of drug-likeness (QED) is 0.799. The van der Waals surface area contributed by atoms with Crippen LogP contribution in [0.2, 0.25) is 0 Å². The normalized spacial score (nSPS) is 10.4. The highest BCUT2D eigenvalue weighted by molar-refractivity contribution is 9.10. The first-order valence-corrected chi connectivity index (χ1v) is 5.89. The van der Waals surface area contributed by atoms with E-state index in [-0.39, 0.29) is 5.78 Å². The second-order valence-corrected chi connectivity index (χ2v) is 4.28. The molecular formula is C13H11BrO2. The lowest BCUT2D eigenvalue weighted by Gasteiger charge is -2.00. The van der Waals surface area contributed by atoms with Crippen molar-refractivity contribution in [1.29, 1.82) is 0 Å². The van der Waals surface area contributed by atoms with Crippen LogP contribution in [0.4, 0.5) is 0 Å². The van der Waals surface area contributed by atoms with E-state index in [9.17, 15) is 4.79 Å². The molecule has 0 N–H and O–H groups in total. The number of hydrogen-bond donors (Lipinski definition) is 0. The molecule has 2 aromatic rings. The molecule has 0 fully saturated rings. The zero-order valence-corrected chi connectivity index (χ0v) is 10.5. The van der Waals surface area contributed by atoms with Gasteiger partial charge in [-0.15, -0.1) is 0 Å². The molecule has 3 heteroatoms. The van der Waals surface area contributed by atoms with E-state index in [2.05, 4.69) is 15.9 Å². The van der Waals surface area contributed by atoms with Gasteiger partial charge in [-0.25, -0.2) is 0 Å². The minimum absolute atomic E-state index is 0.0906. The Hall–Kier alpha value is -1.35. The summed E-state index contributed by atoms with van der Waals surface area (Å²) in [6.45, 7) is 1.99. The molecule has 1 aromatic carbocycles. The Balaban J connectivity index is 2.35. The molecule has 0 amide bonds. The Morgan fingerprint density at radius 2 is 2.00 bits per heavy atom. The van der Waals surface area contributed by atoms with Crippen LogP contribution in [0.3, 0.4) is 0 Å². The third kappa shape index (κ3) is 2.09. The zero-order chi connectivity index (χ0) is 11.5. The number of aryl methyl sites for hydroxylation is 1. The van der Waals surface area contributed by atoms with Crippen molar-refractivity contribution < 1.29 is 9.21 Å². The van der Waals surface area contributed by atoms with E-state index in [4.69, 9.17) is 4.42 Å². The predicted octanol–water partition coefficient (Wildman–Crippen LogP) is 3.84. The molecule has 0 aliphatic rings. The van der Waals surface area contributed by atoms with Crippen LogP contribution in [0.15, 0.2) is 45.3 Å². The Morgan fingerprint density at radius 3 is 2.62 bits per heavy atom. The molecule has 0 spiro atoms. The summed E-state index contributed by atoms with van der Waals surface area (Å²) >= 11 is 3.36. The maximum Gasteiger partial charge on any atom is 0.229 e. The average molecular weight is 279 g/mol. The molecular weight excluding hydrogens is 268 g/mol. The van der Waals surface area contributed by atoms with E-state index < -0.39 is 0 Å². The van der Waals surface area contributed by atoms with Crippen LogP contribution in [0.25, 0.3) is 0 Å². The minimum Gasteiger partial charge on any atom is -0.458 e. The van der Waals surface area contributed by atoms with E-state index in [0.29, 0.717) is 11.3 Å². The molecule has 0 saturated heterocycles. The Kier molecular flexibility index (Phi) is 3.25. The van der Waals surface area contributed by atoms with Crippen molar-refractivity contribution in [3.63, 3.8) is 0 Å². The van der Waals surface area contributed by atoms with Crippen LogP contribution in [-0.2, 0) is 6.42 Å². The molecule has 1 aromatic heterocycles. The number of halogens is 1. The summed E-state index contributed by atoms with van der Waals surface area (Å²) in [5.41, 5.74) is 0.625. The summed E-state index contributed by atoms with van der Waals surface area (Å²) in [5.74, 6) is 1.13. The van der Waals surface area contributed by atoms with Gasteiger partial charge in [-0.05, 0) is 24.3 Å². The highest BCUT2D eigenvalue weighted by Gasteiger charge is 2.15. The highest BCUT2D eigenvalue weighted by Crippen LogP contribution is 2.20. The summed E-state index contributed by atoms with van der Waals surface area (Å²) in [4.78, 5) is 12.1. The average Bonchev–Trinajstić information content (AvgIpc) is 2.77. The van der Waals surface area contributed by atoms with Crippen molar-refractivity contribution in [2.75, 3.05) is 0 Å². The smallest absolute Gasteiger partial charge is 0.229 e. The molecule has 16 heavy (non-hydrogen) atoms. The lowest BCUT2D eigenvalue weighted by molar-refractivity contribution is 0.101. The maximum atomic E-state index is 12.1. The standard InChI is InChI=1S/C13H11BrO2/c1-2-9-7-8-12(16-9)13(15)10-5-3-4-6-11(10)14/h3-8H,2H2,1H3. The minimum atomic E-state index is -0.0906. The third-order valence-electron chi connectivity index (χ3n) is 2.35. The monoisotopic (exact) mass is 278 g/mol. The summed E-state index contributed by atoms with van der Waals surface area (Å²) in [6.07, 6.45) is 0.795. The van der Waals surface area contributed by atoms with Gasteiger partial charge in [0.15, 0.2) is 5.76 Å². The van der Waals surface area contributed by atoms with E-state index in [1.807, 2.05) is 31.2 Å². The highest BCUT2D eigenvalue weighted by atomic mass is 79.9. The first-order valence-electron chi connectivity index (χ1n) is 5.10. The Labute approximate surface area is 102 Å². The fourth-order valence-electron chi connectivity index (χ4n) is 1.47. The SMILES string of the molecule is CCc1ccc(C(=O)c2ccccc2Br)o1. The molecule has 0 unspecified atom stereocenters. The van der Waals surface area contributed by atoms with Crippen molar-refractivity contribution >= 4 is 21.7 Å². The van der Waals surface area contributed by atoms with E-state index in [1.54, 1.807) is 12.1 Å². The molecule has 0 bridgehead atoms. The predicted molar refractivity (Wildman–Crippen MR) is 65.7 cm³/mol. The van der Waals surface area contributed by atoms with Crippen LogP contribution >= 0.6 is 15.9 Å². The summed E-state index contributed by atoms with van der Waals surface area (Å²) in [5, 5.41) is 0. The van der Waals surface area contributed by atoms with Gasteiger partial charge in [-0.3, -0.25) is 4.79 Å². The second-order valence-electron chi connectivity index (χ2n) is 3.43. The maximum absolute atomic E-state index is 12.1. The lowest BCUT2D eigenvalue weighted by Crippen LogP contribution is -2.00. The van der Waals surface area contributed by atoms with E-state index in [1.165, 1.54) is 0 Å². The Bertz CT molecular complexity index is 514. The summed E-state index contributed by atoms with van der Waals surface area (Å²) < 4.78 is 6.22. The molecule has 1 heterocycles. The fraction of sp³-hybridized carbons (Fsp3) is 0.154. The number of carbonyl (C=O) groups excluding carboxylic acids is 1. The largest absolute Gasteiger partial charge is 0.458 e. The van der Waals surface area contributed by atoms with Crippen molar-refractivity contribution in [1.82, 2.24) is 0 Å². The molecule has 0 atom stereocenters. The van der Waals surface area contributed by atoms with Crippen molar-refractivity contribution in [2.45, 2.75) is 13.3 Å². The van der Waals surface area contributed by atoms with E-state index >= 15 is 0 Å². The van der Waals surface area contributed by atoms with Crippen LogP contribution in [0.1, 0.15) is 28.8 Å². The third-order valence-corrected chi connectivity index (χ3v) is 3.04. The van der Waals surface area contributed by atoms with Gasteiger partial charge in [-0.2, -0.15) is 0 Å². The van der Waals surface area contributed by atoms with Gasteiger partial charge in [0.05, 0.1) is 0 Å². The van der Waals surface area contributed by atoms with Gasteiger partial charge < -0.3 is 4.42 Å². The lowest BCUT2D eigenvalue weighted by atomic mass is 10.1. The van der Waals surface area contributed by atoms with Crippen LogP contribution in [-0.4, -0.2) is 5.78 Å². The van der Waals surface area contributed by atoms with Crippen molar-refractivity contribution in [2.24, 2.45) is 0 Å². The molecule has 0 aliphatic carbocycles. The summed E-state index contributed by atoms with van der Waals surface area (Å²) in [6, 6.07) is 10.9. The number of ketones is 1. The molecule has 82 valence electrons. The molecule has 0 aliphatic heterocycles. The van der Waals surface area contributed by atoms with Gasteiger partial charge in [0.2, 0.25) is 5.78 Å². The van der Waals surface area contributed by atoms with Gasteiger partial charge in [-0.1, -0.05) is 35.0 Å². The number of rotatable bonds is 3. The molecule has 0 radical (unpaired) electrons. The van der Waals surface area contributed by atoms with Crippen LogP contribution < -0.4 is 0 Å². The molecule has 2 nitrogen and oxygen atoms in total. The zero-order valence-electron chi connectivity index (χ0n) is 8.87. The summed E-state index contributed by atoms with van der Waals surface area (Å²) in [7, 11) is 0. The van der Waals surface area contributed by atoms with Gasteiger partial charge in [0.25, 0.3) is 0 Å². The number of carbonyl (C=O) groups is 1. The van der Waals surface area contributed by atoms with Crippen molar-refractivity contribution in [3.05, 3.63) is 58.0 Å². The van der Waals surface area contributed by atoms with Gasteiger partial charge >= 0.3 is 0 Å². The number of benzene rings is 1. The van der Waals surface area contributed by atoms with Crippen LogP contribution in [0.5, 0.6) is 0 Å². The fourth-order valence-corrected chi connectivity index (χ4v) is 1.93. The molecule has 2 rings (SSSR count). The van der Waals surface area contributed by atoms with Gasteiger partial charge in [0.1, 0.15) is 5.76 Å². The number of furan rings is 1.